The van der Waals surface area contributed by atoms with Gasteiger partial charge in [0.25, 0.3) is 0 Å². The molecule has 0 aliphatic carbocycles. The van der Waals surface area contributed by atoms with Gasteiger partial charge in [0.15, 0.2) is 0 Å². The number of nitrogens with zero attached hydrogens (tertiary/aromatic N) is 2. The number of rotatable bonds is 9. The van der Waals surface area contributed by atoms with Gasteiger partial charge >= 0.3 is 6.03 Å². The number of halogens is 2. The molecule has 0 aliphatic rings. The first-order valence-electron chi connectivity index (χ1n) is 10.7. The molecule has 0 bridgehead atoms. The van der Waals surface area contributed by atoms with Gasteiger partial charge in [0.1, 0.15) is 12.4 Å². The zero-order valence-corrected chi connectivity index (χ0v) is 20.2. The fraction of sp³-hybridized carbons (Fsp3) is 0.280. The predicted molar refractivity (Wildman–Crippen MR) is 132 cm³/mol. The minimum absolute atomic E-state index is 0.0723. The molecule has 0 unspecified atom stereocenters. The lowest BCUT2D eigenvalue weighted by Gasteiger charge is -2.29. The van der Waals surface area contributed by atoms with Crippen LogP contribution in [0.25, 0.3) is 0 Å². The van der Waals surface area contributed by atoms with Crippen molar-refractivity contribution in [1.29, 1.82) is 0 Å². The molecule has 5 nitrogen and oxygen atoms in total. The maximum atomic E-state index is 13.5. The Kier molecular flexibility index (Phi) is 8.86. The summed E-state index contributed by atoms with van der Waals surface area (Å²) in [6.07, 6.45) is 0. The van der Waals surface area contributed by atoms with Crippen LogP contribution in [-0.4, -0.2) is 34.8 Å². The molecule has 3 aromatic rings. The molecule has 33 heavy (non-hydrogen) atoms. The fourth-order valence-electron chi connectivity index (χ4n) is 3.33. The van der Waals surface area contributed by atoms with Crippen LogP contribution in [0.5, 0.6) is 0 Å². The summed E-state index contributed by atoms with van der Waals surface area (Å²) in [7, 11) is 0. The fourth-order valence-corrected chi connectivity index (χ4v) is 4.23. The SMILES string of the molecule is CC(C)CN(CC(=O)N(Cc1ccccc1)Cc1cccs1)C(=O)Nc1ccc(F)c(Cl)c1. The monoisotopic (exact) mass is 487 g/mol. The van der Waals surface area contributed by atoms with Crippen LogP contribution in [0, 0.1) is 11.7 Å². The summed E-state index contributed by atoms with van der Waals surface area (Å²) in [5, 5.41) is 4.62. The van der Waals surface area contributed by atoms with Crippen LogP contribution in [0.4, 0.5) is 14.9 Å². The van der Waals surface area contributed by atoms with Gasteiger partial charge in [-0.05, 0) is 41.1 Å². The lowest BCUT2D eigenvalue weighted by molar-refractivity contribution is -0.133. The van der Waals surface area contributed by atoms with E-state index >= 15 is 0 Å². The summed E-state index contributed by atoms with van der Waals surface area (Å²) < 4.78 is 13.5. The lowest BCUT2D eigenvalue weighted by atomic mass is 10.2. The number of urea groups is 1. The van der Waals surface area contributed by atoms with Crippen LogP contribution >= 0.6 is 22.9 Å². The highest BCUT2D eigenvalue weighted by atomic mass is 35.5. The van der Waals surface area contributed by atoms with Crippen molar-refractivity contribution in [1.82, 2.24) is 9.80 Å². The van der Waals surface area contributed by atoms with Crippen LogP contribution in [0.2, 0.25) is 5.02 Å². The third-order valence-corrected chi connectivity index (χ3v) is 6.02. The quantitative estimate of drug-likeness (QED) is 0.387. The predicted octanol–water partition coefficient (Wildman–Crippen LogP) is 6.26. The van der Waals surface area contributed by atoms with Crippen LogP contribution in [0.1, 0.15) is 24.3 Å². The van der Waals surface area contributed by atoms with Crippen molar-refractivity contribution in [2.75, 3.05) is 18.4 Å². The van der Waals surface area contributed by atoms with E-state index in [9.17, 15) is 14.0 Å². The Morgan fingerprint density at radius 1 is 1.03 bits per heavy atom. The van der Waals surface area contributed by atoms with E-state index in [4.69, 9.17) is 11.6 Å². The van der Waals surface area contributed by atoms with Crippen LogP contribution in [0.15, 0.2) is 66.0 Å². The Hall–Kier alpha value is -2.90. The number of hydrogen-bond donors (Lipinski definition) is 1. The standard InChI is InChI=1S/C25H27ClFN3O2S/c1-18(2)14-30(25(32)28-20-10-11-23(27)22(26)13-20)17-24(31)29(16-21-9-6-12-33-21)15-19-7-4-3-5-8-19/h3-13,18H,14-17H2,1-2H3,(H,28,32). The molecular formula is C25H27ClFN3O2S. The molecule has 1 N–H and O–H groups in total. The minimum Gasteiger partial charge on any atom is -0.332 e. The Labute approximate surface area is 202 Å². The number of nitrogens with one attached hydrogen (secondary N) is 1. The van der Waals surface area contributed by atoms with Gasteiger partial charge in [-0.15, -0.1) is 11.3 Å². The Morgan fingerprint density at radius 2 is 1.79 bits per heavy atom. The zero-order valence-electron chi connectivity index (χ0n) is 18.6. The Morgan fingerprint density at radius 3 is 2.42 bits per heavy atom. The topological polar surface area (TPSA) is 52.7 Å². The smallest absolute Gasteiger partial charge is 0.322 e. The molecule has 1 heterocycles. The number of thiophene rings is 1. The van der Waals surface area contributed by atoms with E-state index < -0.39 is 11.8 Å². The van der Waals surface area contributed by atoms with Crippen LogP contribution in [-0.2, 0) is 17.9 Å². The summed E-state index contributed by atoms with van der Waals surface area (Å²) in [6, 6.07) is 17.3. The number of hydrogen-bond acceptors (Lipinski definition) is 3. The number of anilines is 1. The molecule has 0 fully saturated rings. The van der Waals surface area contributed by atoms with Crippen molar-refractivity contribution < 1.29 is 14.0 Å². The third-order valence-electron chi connectivity index (χ3n) is 4.87. The van der Waals surface area contributed by atoms with E-state index in [1.807, 2.05) is 61.7 Å². The molecular weight excluding hydrogens is 461 g/mol. The first kappa shape index (κ1) is 24.7. The van der Waals surface area contributed by atoms with E-state index in [-0.39, 0.29) is 23.4 Å². The van der Waals surface area contributed by atoms with Crippen molar-refractivity contribution in [2.24, 2.45) is 5.92 Å². The molecule has 2 aromatic carbocycles. The average Bonchev–Trinajstić information content (AvgIpc) is 3.29. The van der Waals surface area contributed by atoms with E-state index in [2.05, 4.69) is 5.32 Å². The van der Waals surface area contributed by atoms with Gasteiger partial charge in [-0.1, -0.05) is 61.8 Å². The molecule has 0 saturated carbocycles. The second-order valence-corrected chi connectivity index (χ2v) is 9.59. The number of amides is 3. The molecule has 0 saturated heterocycles. The maximum Gasteiger partial charge on any atom is 0.322 e. The minimum atomic E-state index is -0.561. The summed E-state index contributed by atoms with van der Waals surface area (Å²) in [5.74, 6) is -0.561. The van der Waals surface area contributed by atoms with Gasteiger partial charge < -0.3 is 15.1 Å². The Bertz CT molecular complexity index is 1060. The molecule has 3 rings (SSSR count). The van der Waals surface area contributed by atoms with Gasteiger partial charge in [0.2, 0.25) is 5.91 Å². The van der Waals surface area contributed by atoms with Gasteiger partial charge in [-0.25, -0.2) is 9.18 Å². The van der Waals surface area contributed by atoms with E-state index in [0.29, 0.717) is 25.3 Å². The third kappa shape index (κ3) is 7.58. The van der Waals surface area contributed by atoms with Crippen molar-refractivity contribution >= 4 is 40.6 Å². The van der Waals surface area contributed by atoms with Gasteiger partial charge in [0, 0.05) is 23.7 Å². The number of benzene rings is 2. The van der Waals surface area contributed by atoms with Gasteiger partial charge in [0.05, 0.1) is 11.6 Å². The van der Waals surface area contributed by atoms with E-state index in [0.717, 1.165) is 10.4 Å². The first-order valence-corrected chi connectivity index (χ1v) is 11.9. The molecule has 0 spiro atoms. The summed E-state index contributed by atoms with van der Waals surface area (Å²) in [4.78, 5) is 30.7. The first-order chi connectivity index (χ1) is 15.8. The molecule has 174 valence electrons. The molecule has 1 aromatic heterocycles. The molecule has 0 atom stereocenters. The van der Waals surface area contributed by atoms with Crippen molar-refractivity contribution in [2.45, 2.75) is 26.9 Å². The van der Waals surface area contributed by atoms with Crippen molar-refractivity contribution in [3.05, 3.63) is 87.3 Å². The summed E-state index contributed by atoms with van der Waals surface area (Å²) in [6.45, 7) is 5.19. The molecule has 0 radical (unpaired) electrons. The summed E-state index contributed by atoms with van der Waals surface area (Å²) >= 11 is 7.42. The second-order valence-electron chi connectivity index (χ2n) is 8.15. The lowest BCUT2D eigenvalue weighted by Crippen LogP contribution is -2.45. The van der Waals surface area contributed by atoms with Crippen molar-refractivity contribution in [3.8, 4) is 0 Å². The highest BCUT2D eigenvalue weighted by molar-refractivity contribution is 7.09. The second kappa shape index (κ2) is 11.8. The normalized spacial score (nSPS) is 10.8. The Balaban J connectivity index is 1.75. The average molecular weight is 488 g/mol. The van der Waals surface area contributed by atoms with Crippen LogP contribution < -0.4 is 5.32 Å². The highest BCUT2D eigenvalue weighted by Gasteiger charge is 2.23. The van der Waals surface area contributed by atoms with Crippen LogP contribution in [0.3, 0.4) is 0 Å². The molecule has 3 amide bonds. The number of carbonyl (C=O) groups is 2. The molecule has 0 aliphatic heterocycles. The molecule has 8 heteroatoms. The van der Waals surface area contributed by atoms with Crippen molar-refractivity contribution in [3.63, 3.8) is 0 Å². The largest absolute Gasteiger partial charge is 0.332 e. The number of carbonyl (C=O) groups excluding carboxylic acids is 2. The maximum absolute atomic E-state index is 13.5. The van der Waals surface area contributed by atoms with Gasteiger partial charge in [-0.2, -0.15) is 0 Å². The van der Waals surface area contributed by atoms with E-state index in [1.165, 1.54) is 23.1 Å². The summed E-state index contributed by atoms with van der Waals surface area (Å²) in [5.41, 5.74) is 1.38. The van der Waals surface area contributed by atoms with Gasteiger partial charge in [-0.3, -0.25) is 4.79 Å². The zero-order chi connectivity index (χ0) is 23.8. The highest BCUT2D eigenvalue weighted by Crippen LogP contribution is 2.20. The van der Waals surface area contributed by atoms with E-state index in [1.54, 1.807) is 16.2 Å².